The summed E-state index contributed by atoms with van der Waals surface area (Å²) in [5, 5.41) is 0. The average molecular weight is 380 g/mol. The van der Waals surface area contributed by atoms with Gasteiger partial charge in [0.15, 0.2) is 0 Å². The van der Waals surface area contributed by atoms with E-state index in [1.54, 1.807) is 20.8 Å². The first kappa shape index (κ1) is 21.4. The maximum Gasteiger partial charge on any atom is 0.390 e. The van der Waals surface area contributed by atoms with Gasteiger partial charge in [0.05, 0.1) is 11.3 Å². The molecule has 0 heterocycles. The molecule has 1 rings (SSSR count). The van der Waals surface area contributed by atoms with E-state index in [1.807, 2.05) is 0 Å². The second kappa shape index (κ2) is 8.66. The van der Waals surface area contributed by atoms with Gasteiger partial charge < -0.3 is 4.90 Å². The molecule has 0 radical (unpaired) electrons. The van der Waals surface area contributed by atoms with Crippen molar-refractivity contribution in [2.45, 2.75) is 38.3 Å². The normalized spacial score (nSPS) is 12.4. The Kier molecular flexibility index (Phi) is 7.43. The van der Waals surface area contributed by atoms with E-state index in [0.717, 1.165) is 4.90 Å². The molecular weight excluding hydrogens is 357 g/mol. The van der Waals surface area contributed by atoms with Crippen molar-refractivity contribution in [2.24, 2.45) is 0 Å². The van der Waals surface area contributed by atoms with E-state index in [9.17, 15) is 26.4 Å². The maximum absolute atomic E-state index is 12.4. The molecule has 1 aromatic rings. The minimum absolute atomic E-state index is 0.0473. The lowest BCUT2D eigenvalue weighted by atomic mass is 10.2. The van der Waals surface area contributed by atoms with Crippen molar-refractivity contribution in [1.82, 2.24) is 9.21 Å². The quantitative estimate of drug-likeness (QED) is 0.696. The Balaban J connectivity index is 2.96. The molecule has 5 nitrogen and oxygen atoms in total. The third-order valence-corrected chi connectivity index (χ3v) is 5.84. The molecule has 1 amide bonds. The predicted molar refractivity (Wildman–Crippen MR) is 88.8 cm³/mol. The molecule has 0 fully saturated rings. The minimum Gasteiger partial charge on any atom is -0.339 e. The molecule has 142 valence electrons. The molecule has 0 spiro atoms. The lowest BCUT2D eigenvalue weighted by molar-refractivity contribution is -0.136. The van der Waals surface area contributed by atoms with Gasteiger partial charge in [0.1, 0.15) is 0 Å². The summed E-state index contributed by atoms with van der Waals surface area (Å²) in [5.41, 5.74) is 0.155. The number of amides is 1. The third kappa shape index (κ3) is 5.71. The van der Waals surface area contributed by atoms with E-state index in [0.29, 0.717) is 13.1 Å². The monoisotopic (exact) mass is 380 g/mol. The van der Waals surface area contributed by atoms with Crippen molar-refractivity contribution in [2.75, 3.05) is 26.2 Å². The minimum atomic E-state index is -4.34. The van der Waals surface area contributed by atoms with Gasteiger partial charge in [0, 0.05) is 31.7 Å². The van der Waals surface area contributed by atoms with Gasteiger partial charge in [-0.1, -0.05) is 13.8 Å². The Morgan fingerprint density at radius 3 is 1.92 bits per heavy atom. The first-order chi connectivity index (χ1) is 11.6. The largest absolute Gasteiger partial charge is 0.390 e. The van der Waals surface area contributed by atoms with Crippen LogP contribution in [0.25, 0.3) is 0 Å². The summed E-state index contributed by atoms with van der Waals surface area (Å²) in [5.74, 6) is -0.557. The molecule has 1 aromatic carbocycles. The molecule has 0 N–H and O–H groups in total. The summed E-state index contributed by atoms with van der Waals surface area (Å²) in [6.07, 6.45) is -5.42. The van der Waals surface area contributed by atoms with Crippen LogP contribution < -0.4 is 0 Å². The zero-order chi connectivity index (χ0) is 19.3. The van der Waals surface area contributed by atoms with Gasteiger partial charge in [-0.3, -0.25) is 4.79 Å². The number of benzene rings is 1. The van der Waals surface area contributed by atoms with Gasteiger partial charge in [-0.05, 0) is 31.2 Å². The fourth-order valence-corrected chi connectivity index (χ4v) is 3.79. The molecule has 0 aliphatic heterocycles. The van der Waals surface area contributed by atoms with E-state index in [1.165, 1.54) is 28.6 Å². The molecule has 0 atom stereocenters. The third-order valence-electron chi connectivity index (χ3n) is 3.78. The smallest absolute Gasteiger partial charge is 0.339 e. The zero-order valence-corrected chi connectivity index (χ0v) is 15.3. The summed E-state index contributed by atoms with van der Waals surface area (Å²) in [7, 11) is -3.64. The van der Waals surface area contributed by atoms with Crippen molar-refractivity contribution in [3.05, 3.63) is 29.8 Å². The molecule has 9 heteroatoms. The molecule has 0 bridgehead atoms. The van der Waals surface area contributed by atoms with Crippen LogP contribution in [-0.4, -0.2) is 55.9 Å². The average Bonchev–Trinajstić information content (AvgIpc) is 2.55. The summed E-state index contributed by atoms with van der Waals surface area (Å²) < 4.78 is 63.1. The lowest BCUT2D eigenvalue weighted by Gasteiger charge is -2.22. The molecule has 0 saturated carbocycles. The fourth-order valence-electron chi connectivity index (χ4n) is 2.33. The second-order valence-electron chi connectivity index (χ2n) is 5.36. The number of hydrogen-bond acceptors (Lipinski definition) is 3. The highest BCUT2D eigenvalue weighted by molar-refractivity contribution is 7.89. The number of carbonyl (C=O) groups is 1. The van der Waals surface area contributed by atoms with Crippen LogP contribution in [0, 0.1) is 0 Å². The maximum atomic E-state index is 12.4. The SMILES string of the molecule is CCN(CCC(F)(F)F)C(=O)c1ccc(S(=O)(=O)N(CC)CC)cc1. The summed E-state index contributed by atoms with van der Waals surface area (Å²) in [6, 6.07) is 5.26. The molecule has 25 heavy (non-hydrogen) atoms. The van der Waals surface area contributed by atoms with Gasteiger partial charge in [0.25, 0.3) is 5.91 Å². The topological polar surface area (TPSA) is 57.7 Å². The van der Waals surface area contributed by atoms with Crippen LogP contribution in [0.4, 0.5) is 13.2 Å². The summed E-state index contributed by atoms with van der Waals surface area (Å²) >= 11 is 0. The van der Waals surface area contributed by atoms with Crippen LogP contribution in [-0.2, 0) is 10.0 Å². The Bertz CT molecular complexity index is 669. The molecule has 0 aliphatic carbocycles. The van der Waals surface area contributed by atoms with Gasteiger partial charge in [0.2, 0.25) is 10.0 Å². The van der Waals surface area contributed by atoms with Crippen LogP contribution in [0.2, 0.25) is 0 Å². The Morgan fingerprint density at radius 2 is 1.52 bits per heavy atom. The van der Waals surface area contributed by atoms with E-state index in [-0.39, 0.29) is 17.0 Å². The fraction of sp³-hybridized carbons (Fsp3) is 0.562. The van der Waals surface area contributed by atoms with Crippen LogP contribution in [0.5, 0.6) is 0 Å². The zero-order valence-electron chi connectivity index (χ0n) is 14.5. The number of halogens is 3. The van der Waals surface area contributed by atoms with E-state index in [4.69, 9.17) is 0 Å². The van der Waals surface area contributed by atoms with Crippen molar-refractivity contribution in [1.29, 1.82) is 0 Å². The van der Waals surface area contributed by atoms with Gasteiger partial charge >= 0.3 is 6.18 Å². The second-order valence-corrected chi connectivity index (χ2v) is 7.30. The number of sulfonamides is 1. The van der Waals surface area contributed by atoms with E-state index < -0.39 is 35.1 Å². The molecule has 0 aromatic heterocycles. The highest BCUT2D eigenvalue weighted by Crippen LogP contribution is 2.21. The first-order valence-electron chi connectivity index (χ1n) is 8.03. The van der Waals surface area contributed by atoms with Crippen molar-refractivity contribution in [3.8, 4) is 0 Å². The number of rotatable bonds is 8. The summed E-state index contributed by atoms with van der Waals surface area (Å²) in [6.45, 7) is 5.37. The standard InChI is InChI=1S/C16H23F3N2O3S/c1-4-20(12-11-16(17,18)19)15(22)13-7-9-14(10-8-13)25(23,24)21(5-2)6-3/h7-10H,4-6,11-12H2,1-3H3. The Labute approximate surface area is 146 Å². The van der Waals surface area contributed by atoms with Crippen LogP contribution in [0.3, 0.4) is 0 Å². The highest BCUT2D eigenvalue weighted by atomic mass is 32.2. The van der Waals surface area contributed by atoms with Crippen LogP contribution >= 0.6 is 0 Å². The number of hydrogen-bond donors (Lipinski definition) is 0. The van der Waals surface area contributed by atoms with Gasteiger partial charge in [-0.25, -0.2) is 8.42 Å². The van der Waals surface area contributed by atoms with E-state index >= 15 is 0 Å². The van der Waals surface area contributed by atoms with Crippen LogP contribution in [0.15, 0.2) is 29.2 Å². The molecule has 0 aliphatic rings. The van der Waals surface area contributed by atoms with Crippen LogP contribution in [0.1, 0.15) is 37.6 Å². The van der Waals surface area contributed by atoms with Crippen molar-refractivity contribution < 1.29 is 26.4 Å². The number of nitrogens with zero attached hydrogens (tertiary/aromatic N) is 2. The molecule has 0 unspecified atom stereocenters. The number of carbonyl (C=O) groups excluding carboxylic acids is 1. The number of alkyl halides is 3. The van der Waals surface area contributed by atoms with Crippen molar-refractivity contribution >= 4 is 15.9 Å². The van der Waals surface area contributed by atoms with Gasteiger partial charge in [-0.2, -0.15) is 17.5 Å². The predicted octanol–water partition coefficient (Wildman–Crippen LogP) is 3.13. The summed E-state index contributed by atoms with van der Waals surface area (Å²) in [4.78, 5) is 13.4. The highest BCUT2D eigenvalue weighted by Gasteiger charge is 2.29. The lowest BCUT2D eigenvalue weighted by Crippen LogP contribution is -2.34. The van der Waals surface area contributed by atoms with Crippen molar-refractivity contribution in [3.63, 3.8) is 0 Å². The first-order valence-corrected chi connectivity index (χ1v) is 9.47. The van der Waals surface area contributed by atoms with E-state index in [2.05, 4.69) is 0 Å². The van der Waals surface area contributed by atoms with Gasteiger partial charge in [-0.15, -0.1) is 0 Å². The molecule has 0 saturated heterocycles. The Morgan fingerprint density at radius 1 is 1.00 bits per heavy atom. The molecular formula is C16H23F3N2O3S. The Hall–Kier alpha value is -1.61.